The molecule has 0 radical (unpaired) electrons. The molecule has 2 heterocycles. The van der Waals surface area contributed by atoms with Crippen molar-refractivity contribution in [3.8, 4) is 12.1 Å². The SMILES string of the molecule is CCCCSC1(SCCCC)N=C(N)[C@@]2(C#N)[C@H](c3ccccc3)NC3=C(CCC3)[C@]12C#N. The van der Waals surface area contributed by atoms with Crippen LogP contribution >= 0.6 is 23.5 Å². The van der Waals surface area contributed by atoms with E-state index < -0.39 is 21.1 Å². The summed E-state index contributed by atoms with van der Waals surface area (Å²) in [7, 11) is 0. The van der Waals surface area contributed by atoms with E-state index in [2.05, 4.69) is 31.3 Å². The summed E-state index contributed by atoms with van der Waals surface area (Å²) in [6, 6.07) is 15.0. The van der Waals surface area contributed by atoms with E-state index in [0.29, 0.717) is 5.84 Å². The van der Waals surface area contributed by atoms with Gasteiger partial charge < -0.3 is 11.1 Å². The van der Waals surface area contributed by atoms with Gasteiger partial charge in [0.25, 0.3) is 0 Å². The molecule has 0 aromatic heterocycles. The number of nitrogens with zero attached hydrogens (tertiary/aromatic N) is 3. The molecule has 3 aliphatic rings. The van der Waals surface area contributed by atoms with Crippen LogP contribution in [0.2, 0.25) is 0 Å². The number of benzene rings is 1. The molecule has 7 heteroatoms. The van der Waals surface area contributed by atoms with E-state index >= 15 is 0 Å². The first kappa shape index (κ1) is 24.0. The molecule has 1 aliphatic carbocycles. The molecule has 2 aliphatic heterocycles. The van der Waals surface area contributed by atoms with Crippen LogP contribution in [-0.2, 0) is 0 Å². The van der Waals surface area contributed by atoms with Crippen molar-refractivity contribution in [2.45, 2.75) is 69.0 Å². The Morgan fingerprint density at radius 3 is 2.30 bits per heavy atom. The number of unbranched alkanes of at least 4 members (excludes halogenated alkanes) is 2. The number of fused-ring (bicyclic) bond motifs is 2. The van der Waals surface area contributed by atoms with Gasteiger partial charge in [-0.25, -0.2) is 4.99 Å². The summed E-state index contributed by atoms with van der Waals surface area (Å²) in [4.78, 5) is 5.13. The van der Waals surface area contributed by atoms with Crippen molar-refractivity contribution in [1.29, 1.82) is 10.5 Å². The van der Waals surface area contributed by atoms with E-state index in [-0.39, 0.29) is 0 Å². The number of nitrogens with one attached hydrogen (secondary N) is 1. The van der Waals surface area contributed by atoms with Crippen LogP contribution in [0.25, 0.3) is 0 Å². The first-order valence-corrected chi connectivity index (χ1v) is 14.0. The highest BCUT2D eigenvalue weighted by Gasteiger charge is 2.77. The summed E-state index contributed by atoms with van der Waals surface area (Å²) in [5.74, 6) is 2.09. The van der Waals surface area contributed by atoms with Crippen molar-refractivity contribution in [1.82, 2.24) is 5.32 Å². The normalized spacial score (nSPS) is 29.5. The monoisotopic (exact) mass is 479 g/mol. The maximum atomic E-state index is 11.1. The van der Waals surface area contributed by atoms with Gasteiger partial charge in [-0.3, -0.25) is 0 Å². The van der Waals surface area contributed by atoms with Crippen molar-refractivity contribution in [2.75, 3.05) is 11.5 Å². The predicted octanol–water partition coefficient (Wildman–Crippen LogP) is 5.88. The van der Waals surface area contributed by atoms with Gasteiger partial charge in [-0.1, -0.05) is 57.0 Å². The molecule has 5 nitrogen and oxygen atoms in total. The molecule has 3 N–H and O–H groups in total. The summed E-state index contributed by atoms with van der Waals surface area (Å²) in [6.07, 6.45) is 6.94. The Labute approximate surface area is 206 Å². The number of nitriles is 2. The number of nitrogens with two attached hydrogens (primary N) is 1. The van der Waals surface area contributed by atoms with E-state index in [4.69, 9.17) is 10.7 Å². The lowest BCUT2D eigenvalue weighted by atomic mass is 9.55. The number of thioether (sulfide) groups is 2. The largest absolute Gasteiger partial charge is 0.386 e. The maximum Gasteiger partial charge on any atom is 0.178 e. The number of amidine groups is 1. The summed E-state index contributed by atoms with van der Waals surface area (Å²) >= 11 is 3.48. The second-order valence-electron chi connectivity index (χ2n) is 9.06. The van der Waals surface area contributed by atoms with E-state index in [1.165, 1.54) is 0 Å². The Balaban J connectivity index is 1.97. The Kier molecular flexibility index (Phi) is 7.03. The summed E-state index contributed by atoms with van der Waals surface area (Å²) < 4.78 is -0.814. The average Bonchev–Trinajstić information content (AvgIpc) is 3.39. The molecule has 0 unspecified atom stereocenters. The summed E-state index contributed by atoms with van der Waals surface area (Å²) in [5, 5.41) is 25.7. The zero-order chi connectivity index (χ0) is 23.5. The van der Waals surface area contributed by atoms with Crippen molar-refractivity contribution in [3.05, 3.63) is 47.2 Å². The molecular formula is C26H33N5S2. The molecule has 1 aromatic carbocycles. The molecule has 0 bridgehead atoms. The van der Waals surface area contributed by atoms with E-state index in [1.54, 1.807) is 23.5 Å². The van der Waals surface area contributed by atoms with Crippen LogP contribution in [0.3, 0.4) is 0 Å². The lowest BCUT2D eigenvalue weighted by molar-refractivity contribution is 0.200. The fourth-order valence-electron chi connectivity index (χ4n) is 5.61. The Hall–Kier alpha value is -2.09. The topological polar surface area (TPSA) is 98.0 Å². The van der Waals surface area contributed by atoms with Crippen molar-refractivity contribution in [2.24, 2.45) is 21.6 Å². The van der Waals surface area contributed by atoms with Crippen molar-refractivity contribution in [3.63, 3.8) is 0 Å². The molecule has 0 saturated carbocycles. The lowest BCUT2D eigenvalue weighted by Gasteiger charge is -2.52. The van der Waals surface area contributed by atoms with Crippen molar-refractivity contribution < 1.29 is 0 Å². The molecule has 0 amide bonds. The van der Waals surface area contributed by atoms with E-state index in [1.807, 2.05) is 30.3 Å². The van der Waals surface area contributed by atoms with Crippen LogP contribution in [0, 0.1) is 33.5 Å². The number of rotatable bonds is 9. The molecule has 4 rings (SSSR count). The van der Waals surface area contributed by atoms with Gasteiger partial charge in [-0.05, 0) is 54.7 Å². The molecule has 0 spiro atoms. The molecular weight excluding hydrogens is 446 g/mol. The third kappa shape index (κ3) is 3.39. The molecule has 1 aromatic rings. The Morgan fingerprint density at radius 1 is 1.06 bits per heavy atom. The third-order valence-electron chi connectivity index (χ3n) is 7.23. The zero-order valence-electron chi connectivity index (χ0n) is 19.6. The van der Waals surface area contributed by atoms with Crippen molar-refractivity contribution >= 4 is 29.4 Å². The van der Waals surface area contributed by atoms with Gasteiger partial charge >= 0.3 is 0 Å². The molecule has 3 atom stereocenters. The number of hydrogen-bond acceptors (Lipinski definition) is 7. The first-order valence-electron chi connectivity index (χ1n) is 12.1. The average molecular weight is 480 g/mol. The molecule has 174 valence electrons. The van der Waals surface area contributed by atoms with Gasteiger partial charge in [0.15, 0.2) is 15.0 Å². The molecule has 0 fully saturated rings. The number of hydrogen-bond donors (Lipinski definition) is 2. The van der Waals surface area contributed by atoms with Crippen LogP contribution in [-0.4, -0.2) is 21.5 Å². The van der Waals surface area contributed by atoms with E-state index in [0.717, 1.165) is 73.3 Å². The van der Waals surface area contributed by atoms with E-state index in [9.17, 15) is 10.5 Å². The standard InChI is InChI=1S/C26H33N5S2/c1-3-5-15-32-26(33-16-6-4-2)25(18-28)20-13-10-14-21(20)30-22(19-11-8-7-9-12-19)24(25,17-27)23(29)31-26/h7-9,11-12,22,30H,3-6,10,13-16H2,1-2H3,(H2,29,31)/t22-,24+,25-/m0/s1. The molecule has 33 heavy (non-hydrogen) atoms. The predicted molar refractivity (Wildman–Crippen MR) is 138 cm³/mol. The Bertz CT molecular complexity index is 1010. The van der Waals surface area contributed by atoms with Gasteiger partial charge in [0.05, 0.1) is 18.2 Å². The Morgan fingerprint density at radius 2 is 1.73 bits per heavy atom. The number of allylic oxidation sites excluding steroid dienone is 1. The van der Waals surface area contributed by atoms with Gasteiger partial charge in [0, 0.05) is 5.70 Å². The highest BCUT2D eigenvalue weighted by molar-refractivity contribution is 8.18. The minimum Gasteiger partial charge on any atom is -0.386 e. The highest BCUT2D eigenvalue weighted by Crippen LogP contribution is 2.72. The quantitative estimate of drug-likeness (QED) is 0.339. The second kappa shape index (κ2) is 9.65. The smallest absolute Gasteiger partial charge is 0.178 e. The van der Waals surface area contributed by atoms with Crippen LogP contribution in [0.15, 0.2) is 46.6 Å². The van der Waals surface area contributed by atoms with Crippen LogP contribution in [0.5, 0.6) is 0 Å². The highest BCUT2D eigenvalue weighted by atomic mass is 32.2. The lowest BCUT2D eigenvalue weighted by Crippen LogP contribution is -2.61. The summed E-state index contributed by atoms with van der Waals surface area (Å²) in [5.41, 5.74) is 7.58. The maximum absolute atomic E-state index is 11.1. The first-order chi connectivity index (χ1) is 16.1. The third-order valence-corrected chi connectivity index (χ3v) is 10.5. The fraction of sp³-hybridized carbons (Fsp3) is 0.577. The number of aliphatic imine (C=N–C) groups is 1. The fourth-order valence-corrected chi connectivity index (χ4v) is 9.28. The minimum atomic E-state index is -1.26. The van der Waals surface area contributed by atoms with Crippen LogP contribution < -0.4 is 11.1 Å². The summed E-state index contributed by atoms with van der Waals surface area (Å²) in [6.45, 7) is 4.36. The van der Waals surface area contributed by atoms with Crippen LogP contribution in [0.4, 0.5) is 0 Å². The minimum absolute atomic E-state index is 0.305. The van der Waals surface area contributed by atoms with Gasteiger partial charge in [-0.2, -0.15) is 10.5 Å². The van der Waals surface area contributed by atoms with Gasteiger partial charge in [0.1, 0.15) is 5.84 Å². The second-order valence-corrected chi connectivity index (χ2v) is 11.9. The van der Waals surface area contributed by atoms with Gasteiger partial charge in [0.2, 0.25) is 0 Å². The molecule has 0 saturated heterocycles. The van der Waals surface area contributed by atoms with Crippen LogP contribution in [0.1, 0.15) is 70.4 Å². The van der Waals surface area contributed by atoms with Gasteiger partial charge in [-0.15, -0.1) is 23.5 Å². The zero-order valence-corrected chi connectivity index (χ0v) is 21.2.